The number of halogens is 1. The van der Waals surface area contributed by atoms with Gasteiger partial charge in [0.1, 0.15) is 5.82 Å². The molecule has 0 saturated carbocycles. The lowest BCUT2D eigenvalue weighted by molar-refractivity contribution is 0.128. The number of piperazine rings is 1. The average Bonchev–Trinajstić information content (AvgIpc) is 2.79. The van der Waals surface area contributed by atoms with E-state index in [0.717, 1.165) is 43.0 Å². The first-order valence-electron chi connectivity index (χ1n) is 11.1. The van der Waals surface area contributed by atoms with Crippen LogP contribution >= 0.6 is 0 Å². The number of nitrogens with one attached hydrogen (secondary N) is 1. The van der Waals surface area contributed by atoms with Gasteiger partial charge in [-0.15, -0.1) is 0 Å². The van der Waals surface area contributed by atoms with Gasteiger partial charge < -0.3 is 10.2 Å². The number of nitrogens with zero attached hydrogens (tertiary/aromatic N) is 2. The number of hydrogen-bond acceptors (Lipinski definition) is 3. The Morgan fingerprint density at radius 3 is 1.84 bits per heavy atom. The molecule has 1 aliphatic rings. The molecule has 4 heteroatoms. The summed E-state index contributed by atoms with van der Waals surface area (Å²) in [5.74, 6) is -0.228. The predicted molar refractivity (Wildman–Crippen MR) is 128 cm³/mol. The van der Waals surface area contributed by atoms with E-state index in [1.54, 1.807) is 6.07 Å². The molecular weight excluding hydrogens is 385 g/mol. The van der Waals surface area contributed by atoms with E-state index in [2.05, 4.69) is 60.2 Å². The van der Waals surface area contributed by atoms with Crippen LogP contribution in [0.15, 0.2) is 78.9 Å². The fourth-order valence-electron chi connectivity index (χ4n) is 4.26. The van der Waals surface area contributed by atoms with E-state index in [1.807, 2.05) is 48.5 Å². The Morgan fingerprint density at radius 2 is 1.32 bits per heavy atom. The van der Waals surface area contributed by atoms with Gasteiger partial charge in [0, 0.05) is 37.4 Å². The zero-order valence-corrected chi connectivity index (χ0v) is 18.7. The molecule has 31 heavy (non-hydrogen) atoms. The summed E-state index contributed by atoms with van der Waals surface area (Å²) in [5, 5.41) is 3.48. The molecule has 3 aromatic rings. The Balaban J connectivity index is 1.58. The first-order valence-corrected chi connectivity index (χ1v) is 11.1. The quantitative estimate of drug-likeness (QED) is 0.554. The predicted octanol–water partition coefficient (Wildman–Crippen LogP) is 5.95. The second kappa shape index (κ2) is 9.11. The zero-order chi connectivity index (χ0) is 21.8. The molecule has 0 radical (unpaired) electrons. The average molecular weight is 418 g/mol. The topological polar surface area (TPSA) is 18.5 Å². The van der Waals surface area contributed by atoms with Crippen LogP contribution in [0, 0.1) is 5.82 Å². The molecule has 1 aliphatic heterocycles. The van der Waals surface area contributed by atoms with Crippen LogP contribution in [0.25, 0.3) is 0 Å². The summed E-state index contributed by atoms with van der Waals surface area (Å²) in [4.78, 5) is 4.86. The van der Waals surface area contributed by atoms with Gasteiger partial charge in [-0.25, -0.2) is 4.39 Å². The molecule has 1 N–H and O–H groups in total. The minimum absolute atomic E-state index is 0.120. The normalized spacial score (nSPS) is 15.3. The fourth-order valence-corrected chi connectivity index (χ4v) is 4.26. The molecule has 162 valence electrons. The van der Waals surface area contributed by atoms with Gasteiger partial charge in [-0.3, -0.25) is 4.90 Å². The molecule has 4 rings (SSSR count). The molecule has 1 saturated heterocycles. The summed E-state index contributed by atoms with van der Waals surface area (Å²) in [6.45, 7) is 10.7. The van der Waals surface area contributed by atoms with Crippen molar-refractivity contribution in [2.45, 2.75) is 32.4 Å². The Labute approximate surface area is 185 Å². The van der Waals surface area contributed by atoms with Crippen LogP contribution in [0.4, 0.5) is 15.8 Å². The van der Waals surface area contributed by atoms with Crippen molar-refractivity contribution >= 4 is 11.4 Å². The summed E-state index contributed by atoms with van der Waals surface area (Å²) in [7, 11) is 0. The number of hydrogen-bond donors (Lipinski definition) is 1. The third-order valence-electron chi connectivity index (χ3n) is 6.11. The Morgan fingerprint density at radius 1 is 0.774 bits per heavy atom. The van der Waals surface area contributed by atoms with Gasteiger partial charge in [0.2, 0.25) is 0 Å². The highest BCUT2D eigenvalue weighted by Gasteiger charge is 2.26. The standard InChI is InChI=1S/C27H32FN3/c1-27(2,3)31-18-16-30(17-19-31)23-14-15-24(28)25(20-23)29-26(21-10-6-4-7-11-21)22-12-8-5-9-13-22/h4-15,20,26,29H,16-19H2,1-3H3. The number of anilines is 2. The number of rotatable bonds is 5. The molecular formula is C27H32FN3. The summed E-state index contributed by atoms with van der Waals surface area (Å²) < 4.78 is 14.9. The van der Waals surface area contributed by atoms with Gasteiger partial charge in [0.15, 0.2) is 0 Å². The third kappa shape index (κ3) is 5.08. The fraction of sp³-hybridized carbons (Fsp3) is 0.333. The van der Waals surface area contributed by atoms with Crippen molar-refractivity contribution in [3.63, 3.8) is 0 Å². The highest BCUT2D eigenvalue weighted by atomic mass is 19.1. The molecule has 0 aliphatic carbocycles. The lowest BCUT2D eigenvalue weighted by atomic mass is 9.98. The highest BCUT2D eigenvalue weighted by Crippen LogP contribution is 2.31. The van der Waals surface area contributed by atoms with Crippen LogP contribution in [0.2, 0.25) is 0 Å². The van der Waals surface area contributed by atoms with Gasteiger partial charge in [-0.2, -0.15) is 0 Å². The van der Waals surface area contributed by atoms with Crippen LogP contribution in [0.5, 0.6) is 0 Å². The van der Waals surface area contributed by atoms with Crippen LogP contribution in [0.3, 0.4) is 0 Å². The maximum atomic E-state index is 14.9. The molecule has 0 amide bonds. The van der Waals surface area contributed by atoms with Gasteiger partial charge in [-0.05, 0) is 50.1 Å². The minimum Gasteiger partial charge on any atom is -0.372 e. The van der Waals surface area contributed by atoms with E-state index in [-0.39, 0.29) is 17.4 Å². The van der Waals surface area contributed by atoms with Crippen molar-refractivity contribution in [2.75, 3.05) is 36.4 Å². The smallest absolute Gasteiger partial charge is 0.146 e. The first-order chi connectivity index (χ1) is 14.9. The molecule has 3 aromatic carbocycles. The summed E-state index contributed by atoms with van der Waals surface area (Å²) in [6.07, 6.45) is 0. The van der Waals surface area contributed by atoms with E-state index in [1.165, 1.54) is 0 Å². The van der Waals surface area contributed by atoms with E-state index >= 15 is 0 Å². The van der Waals surface area contributed by atoms with Gasteiger partial charge in [0.05, 0.1) is 11.7 Å². The van der Waals surface area contributed by atoms with Crippen molar-refractivity contribution < 1.29 is 4.39 Å². The first kappa shape index (κ1) is 21.4. The molecule has 1 fully saturated rings. The van der Waals surface area contributed by atoms with Gasteiger partial charge >= 0.3 is 0 Å². The number of benzene rings is 3. The van der Waals surface area contributed by atoms with Crippen molar-refractivity contribution in [3.05, 3.63) is 95.8 Å². The van der Waals surface area contributed by atoms with Crippen molar-refractivity contribution in [3.8, 4) is 0 Å². The van der Waals surface area contributed by atoms with E-state index < -0.39 is 0 Å². The van der Waals surface area contributed by atoms with Crippen molar-refractivity contribution in [1.29, 1.82) is 0 Å². The van der Waals surface area contributed by atoms with Crippen molar-refractivity contribution in [2.24, 2.45) is 0 Å². The van der Waals surface area contributed by atoms with Crippen LogP contribution < -0.4 is 10.2 Å². The summed E-state index contributed by atoms with van der Waals surface area (Å²) in [6, 6.07) is 25.7. The maximum Gasteiger partial charge on any atom is 0.146 e. The molecule has 1 heterocycles. The zero-order valence-electron chi connectivity index (χ0n) is 18.7. The Kier molecular flexibility index (Phi) is 6.28. The lowest BCUT2D eigenvalue weighted by Gasteiger charge is -2.43. The molecule has 0 aromatic heterocycles. The van der Waals surface area contributed by atoms with Gasteiger partial charge in [0.25, 0.3) is 0 Å². The van der Waals surface area contributed by atoms with Gasteiger partial charge in [-0.1, -0.05) is 60.7 Å². The summed E-state index contributed by atoms with van der Waals surface area (Å²) >= 11 is 0. The van der Waals surface area contributed by atoms with E-state index in [9.17, 15) is 4.39 Å². The van der Waals surface area contributed by atoms with Crippen molar-refractivity contribution in [1.82, 2.24) is 4.90 Å². The lowest BCUT2D eigenvalue weighted by Crippen LogP contribution is -2.53. The second-order valence-electron chi connectivity index (χ2n) is 9.21. The summed E-state index contributed by atoms with van der Waals surface area (Å²) in [5.41, 5.74) is 4.00. The van der Waals surface area contributed by atoms with E-state index in [0.29, 0.717) is 5.69 Å². The van der Waals surface area contributed by atoms with Crippen LogP contribution in [0.1, 0.15) is 37.9 Å². The minimum atomic E-state index is -0.228. The Bertz CT molecular complexity index is 935. The molecule has 0 spiro atoms. The van der Waals surface area contributed by atoms with E-state index in [4.69, 9.17) is 0 Å². The highest BCUT2D eigenvalue weighted by molar-refractivity contribution is 5.61. The SMILES string of the molecule is CC(C)(C)N1CCN(c2ccc(F)c(NC(c3ccccc3)c3ccccc3)c2)CC1. The maximum absolute atomic E-state index is 14.9. The molecule has 0 atom stereocenters. The molecule has 0 unspecified atom stereocenters. The second-order valence-corrected chi connectivity index (χ2v) is 9.21. The monoisotopic (exact) mass is 417 g/mol. The van der Waals surface area contributed by atoms with Crippen LogP contribution in [-0.2, 0) is 0 Å². The largest absolute Gasteiger partial charge is 0.372 e. The molecule has 0 bridgehead atoms. The third-order valence-corrected chi connectivity index (χ3v) is 6.11. The van der Waals surface area contributed by atoms with Crippen LogP contribution in [-0.4, -0.2) is 36.6 Å². The Hall–Kier alpha value is -2.85. The molecule has 3 nitrogen and oxygen atoms in total.